The van der Waals surface area contributed by atoms with E-state index in [0.717, 1.165) is 12.0 Å². The zero-order valence-corrected chi connectivity index (χ0v) is 15.9. The first kappa shape index (κ1) is 18.8. The lowest BCUT2D eigenvalue weighted by atomic mass is 9.77. The van der Waals surface area contributed by atoms with Crippen molar-refractivity contribution in [3.8, 4) is 5.75 Å². The summed E-state index contributed by atoms with van der Waals surface area (Å²) in [6.07, 6.45) is 0.00956. The molecule has 2 nitrogen and oxygen atoms in total. The van der Waals surface area contributed by atoms with Gasteiger partial charge in [-0.1, -0.05) is 53.0 Å². The number of benzene rings is 2. The van der Waals surface area contributed by atoms with E-state index in [1.165, 1.54) is 12.1 Å². The molecule has 8 heteroatoms. The highest BCUT2D eigenvalue weighted by atomic mass is 35.5. The van der Waals surface area contributed by atoms with Gasteiger partial charge >= 0.3 is 6.36 Å². The molecule has 0 fully saturated rings. The van der Waals surface area contributed by atoms with Crippen LogP contribution in [0.2, 0.25) is 15.1 Å². The number of alkyl halides is 3. The Labute approximate surface area is 168 Å². The van der Waals surface area contributed by atoms with Crippen molar-refractivity contribution < 1.29 is 17.9 Å². The van der Waals surface area contributed by atoms with E-state index in [4.69, 9.17) is 34.8 Å². The molecule has 0 saturated heterocycles. The van der Waals surface area contributed by atoms with Crippen LogP contribution < -0.4 is 10.1 Å². The van der Waals surface area contributed by atoms with Gasteiger partial charge in [-0.25, -0.2) is 0 Å². The molecule has 0 bridgehead atoms. The van der Waals surface area contributed by atoms with Crippen molar-refractivity contribution in [1.82, 2.24) is 0 Å². The Kier molecular flexibility index (Phi) is 4.73. The number of ether oxygens (including phenoxy) is 1. The quantitative estimate of drug-likeness (QED) is 0.498. The van der Waals surface area contributed by atoms with Crippen LogP contribution in [0.5, 0.6) is 5.75 Å². The second-order valence-electron chi connectivity index (χ2n) is 6.56. The highest BCUT2D eigenvalue weighted by molar-refractivity contribution is 6.35. The average molecular weight is 435 g/mol. The minimum Gasteiger partial charge on any atom is -0.406 e. The number of fused-ring (bicyclic) bond motifs is 3. The molecule has 142 valence electrons. The zero-order chi connectivity index (χ0) is 19.3. The first-order valence-corrected chi connectivity index (χ1v) is 9.33. The third-order valence-corrected chi connectivity index (χ3v) is 5.79. The first-order chi connectivity index (χ1) is 12.7. The largest absolute Gasteiger partial charge is 0.573 e. The van der Waals surface area contributed by atoms with Gasteiger partial charge in [-0.3, -0.25) is 0 Å². The fourth-order valence-electron chi connectivity index (χ4n) is 3.88. The van der Waals surface area contributed by atoms with Gasteiger partial charge in [0.1, 0.15) is 5.75 Å². The van der Waals surface area contributed by atoms with Crippen molar-refractivity contribution in [1.29, 1.82) is 0 Å². The molecular formula is C19H13Cl3F3NO. The number of hydrogen-bond donors (Lipinski definition) is 1. The Balaban J connectivity index is 1.77. The lowest BCUT2D eigenvalue weighted by Gasteiger charge is -2.38. The maximum atomic E-state index is 12.6. The molecule has 1 heterocycles. The van der Waals surface area contributed by atoms with Crippen LogP contribution in [0.3, 0.4) is 0 Å². The Morgan fingerprint density at radius 2 is 1.78 bits per heavy atom. The van der Waals surface area contributed by atoms with Crippen LogP contribution in [-0.2, 0) is 0 Å². The summed E-state index contributed by atoms with van der Waals surface area (Å²) in [6, 6.07) is 7.72. The van der Waals surface area contributed by atoms with E-state index >= 15 is 0 Å². The summed E-state index contributed by atoms with van der Waals surface area (Å²) in [6.45, 7) is 0. The van der Waals surface area contributed by atoms with Crippen LogP contribution in [0.25, 0.3) is 0 Å². The van der Waals surface area contributed by atoms with Crippen molar-refractivity contribution in [3.05, 3.63) is 68.7 Å². The highest BCUT2D eigenvalue weighted by Crippen LogP contribution is 2.53. The number of hydrogen-bond acceptors (Lipinski definition) is 2. The Hall–Kier alpha value is -1.56. The average Bonchev–Trinajstić information content (AvgIpc) is 3.03. The standard InChI is InChI=1S/C19H13Cl3F3NO/c20-9-4-5-13(15(21)6-9)17-12-3-1-2-11(12)14-7-10(27-19(23,24)25)8-16(22)18(14)26-17/h1-2,4-8,11-12,17,26H,3H2. The second kappa shape index (κ2) is 6.80. The molecule has 2 aromatic rings. The summed E-state index contributed by atoms with van der Waals surface area (Å²) in [5.74, 6) is -0.323. The van der Waals surface area contributed by atoms with E-state index in [0.29, 0.717) is 21.3 Å². The summed E-state index contributed by atoms with van der Waals surface area (Å²) >= 11 is 18.7. The molecule has 27 heavy (non-hydrogen) atoms. The topological polar surface area (TPSA) is 21.3 Å². The van der Waals surface area contributed by atoms with Crippen LogP contribution in [-0.4, -0.2) is 6.36 Å². The highest BCUT2D eigenvalue weighted by Gasteiger charge is 2.40. The molecular weight excluding hydrogens is 422 g/mol. The summed E-state index contributed by atoms with van der Waals surface area (Å²) in [7, 11) is 0. The van der Waals surface area contributed by atoms with Crippen LogP contribution in [0, 0.1) is 5.92 Å². The Morgan fingerprint density at radius 3 is 2.48 bits per heavy atom. The van der Waals surface area contributed by atoms with Gasteiger partial charge in [0.25, 0.3) is 0 Å². The molecule has 0 aromatic heterocycles. The first-order valence-electron chi connectivity index (χ1n) is 8.20. The number of rotatable bonds is 2. The van der Waals surface area contributed by atoms with Crippen LogP contribution in [0.15, 0.2) is 42.5 Å². The van der Waals surface area contributed by atoms with Gasteiger partial charge in [0.2, 0.25) is 0 Å². The van der Waals surface area contributed by atoms with Gasteiger partial charge in [-0.2, -0.15) is 0 Å². The number of halogens is 6. The van der Waals surface area contributed by atoms with E-state index in [9.17, 15) is 13.2 Å². The number of allylic oxidation sites excluding steroid dienone is 2. The molecule has 3 atom stereocenters. The molecule has 1 aliphatic carbocycles. The van der Waals surface area contributed by atoms with Gasteiger partial charge in [0.15, 0.2) is 0 Å². The minimum atomic E-state index is -4.77. The van der Waals surface area contributed by atoms with E-state index in [2.05, 4.69) is 10.1 Å². The molecule has 4 rings (SSSR count). The predicted molar refractivity (Wildman–Crippen MR) is 101 cm³/mol. The van der Waals surface area contributed by atoms with Crippen molar-refractivity contribution in [3.63, 3.8) is 0 Å². The fourth-order valence-corrected chi connectivity index (χ4v) is 4.68. The Bertz CT molecular complexity index is 929. The van der Waals surface area contributed by atoms with Crippen molar-refractivity contribution >= 4 is 40.5 Å². The van der Waals surface area contributed by atoms with Gasteiger partial charge in [-0.05, 0) is 41.7 Å². The molecule has 3 unspecified atom stereocenters. The van der Waals surface area contributed by atoms with E-state index in [-0.39, 0.29) is 28.6 Å². The normalized spacial score (nSPS) is 23.6. The third-order valence-electron chi connectivity index (χ3n) is 4.93. The van der Waals surface area contributed by atoms with E-state index in [1.54, 1.807) is 12.1 Å². The lowest BCUT2D eigenvalue weighted by Crippen LogP contribution is -2.29. The van der Waals surface area contributed by atoms with Crippen LogP contribution in [0.1, 0.15) is 29.5 Å². The maximum Gasteiger partial charge on any atom is 0.573 e. The lowest BCUT2D eigenvalue weighted by molar-refractivity contribution is -0.274. The second-order valence-corrected chi connectivity index (χ2v) is 7.81. The van der Waals surface area contributed by atoms with E-state index in [1.807, 2.05) is 18.2 Å². The molecule has 0 saturated carbocycles. The summed E-state index contributed by atoms with van der Waals surface area (Å²) in [4.78, 5) is 0. The van der Waals surface area contributed by atoms with Gasteiger partial charge in [0, 0.05) is 22.0 Å². The zero-order valence-electron chi connectivity index (χ0n) is 13.7. The van der Waals surface area contributed by atoms with Crippen molar-refractivity contribution in [2.45, 2.75) is 24.7 Å². The summed E-state index contributed by atoms with van der Waals surface area (Å²) < 4.78 is 41.9. The maximum absolute atomic E-state index is 12.6. The fraction of sp³-hybridized carbons (Fsp3) is 0.263. The Morgan fingerprint density at radius 1 is 1.00 bits per heavy atom. The molecule has 2 aliphatic rings. The van der Waals surface area contributed by atoms with Crippen LogP contribution >= 0.6 is 34.8 Å². The summed E-state index contributed by atoms with van der Waals surface area (Å²) in [5, 5.41) is 4.60. The number of nitrogens with one attached hydrogen (secondary N) is 1. The molecule has 0 spiro atoms. The van der Waals surface area contributed by atoms with Crippen LogP contribution in [0.4, 0.5) is 18.9 Å². The van der Waals surface area contributed by atoms with Gasteiger partial charge in [-0.15, -0.1) is 13.2 Å². The number of anilines is 1. The molecule has 0 amide bonds. The minimum absolute atomic E-state index is 0.0905. The third kappa shape index (κ3) is 3.60. The van der Waals surface area contributed by atoms with Gasteiger partial charge < -0.3 is 10.1 Å². The molecule has 2 aromatic carbocycles. The predicted octanol–water partition coefficient (Wildman–Crippen LogP) is 7.37. The van der Waals surface area contributed by atoms with E-state index < -0.39 is 6.36 Å². The summed E-state index contributed by atoms with van der Waals surface area (Å²) in [5.41, 5.74) is 2.15. The SMILES string of the molecule is FC(F)(F)Oc1cc(Cl)c2c(c1)C1C=CCC1C(c1ccc(Cl)cc1Cl)N2. The molecule has 0 radical (unpaired) electrons. The molecule has 1 aliphatic heterocycles. The van der Waals surface area contributed by atoms with Crippen molar-refractivity contribution in [2.24, 2.45) is 5.92 Å². The smallest absolute Gasteiger partial charge is 0.406 e. The van der Waals surface area contributed by atoms with Gasteiger partial charge in [0.05, 0.1) is 16.8 Å². The monoisotopic (exact) mass is 433 g/mol. The molecule has 1 N–H and O–H groups in total. The van der Waals surface area contributed by atoms with Crippen molar-refractivity contribution in [2.75, 3.05) is 5.32 Å².